The standard InChI is InChI=1S/C10H15N3O2/c1-13-6-7(8-4-3-5-11-8)9(12-13)10(14)15-2/h6,8,11H,3-5H2,1-2H3. The highest BCUT2D eigenvalue weighted by molar-refractivity contribution is 5.88. The zero-order valence-corrected chi connectivity index (χ0v) is 8.99. The van der Waals surface area contributed by atoms with Crippen molar-refractivity contribution in [2.75, 3.05) is 13.7 Å². The van der Waals surface area contributed by atoms with E-state index in [0.717, 1.165) is 24.9 Å². The highest BCUT2D eigenvalue weighted by atomic mass is 16.5. The minimum absolute atomic E-state index is 0.243. The molecule has 0 bridgehead atoms. The number of hydrogen-bond donors (Lipinski definition) is 1. The van der Waals surface area contributed by atoms with E-state index in [1.54, 1.807) is 4.68 Å². The maximum Gasteiger partial charge on any atom is 0.358 e. The van der Waals surface area contributed by atoms with Crippen LogP contribution >= 0.6 is 0 Å². The van der Waals surface area contributed by atoms with E-state index in [1.807, 2.05) is 13.2 Å². The molecule has 1 N–H and O–H groups in total. The molecular weight excluding hydrogens is 194 g/mol. The first-order valence-electron chi connectivity index (χ1n) is 5.07. The molecule has 1 aromatic heterocycles. The fourth-order valence-electron chi connectivity index (χ4n) is 1.97. The molecule has 82 valence electrons. The minimum Gasteiger partial charge on any atom is -0.464 e. The number of rotatable bonds is 2. The molecule has 2 rings (SSSR count). The molecule has 0 aromatic carbocycles. The van der Waals surface area contributed by atoms with Crippen molar-refractivity contribution in [1.82, 2.24) is 15.1 Å². The summed E-state index contributed by atoms with van der Waals surface area (Å²) in [5, 5.41) is 7.47. The lowest BCUT2D eigenvalue weighted by Gasteiger charge is -2.08. The number of hydrogen-bond acceptors (Lipinski definition) is 4. The van der Waals surface area contributed by atoms with Crippen LogP contribution in [0.4, 0.5) is 0 Å². The molecule has 0 saturated carbocycles. The third-order valence-electron chi connectivity index (χ3n) is 2.67. The van der Waals surface area contributed by atoms with Gasteiger partial charge in [0.15, 0.2) is 5.69 Å². The number of ether oxygens (including phenoxy) is 1. The van der Waals surface area contributed by atoms with Crippen LogP contribution in [-0.4, -0.2) is 29.4 Å². The monoisotopic (exact) mass is 209 g/mol. The van der Waals surface area contributed by atoms with Crippen molar-refractivity contribution in [1.29, 1.82) is 0 Å². The summed E-state index contributed by atoms with van der Waals surface area (Å²) >= 11 is 0. The summed E-state index contributed by atoms with van der Waals surface area (Å²) in [6, 6.07) is 0.243. The molecule has 0 amide bonds. The van der Waals surface area contributed by atoms with E-state index in [-0.39, 0.29) is 12.0 Å². The van der Waals surface area contributed by atoms with E-state index in [0.29, 0.717) is 5.69 Å². The molecule has 0 radical (unpaired) electrons. The van der Waals surface area contributed by atoms with Gasteiger partial charge in [-0.25, -0.2) is 4.79 Å². The van der Waals surface area contributed by atoms with E-state index in [4.69, 9.17) is 4.74 Å². The number of esters is 1. The molecular formula is C10H15N3O2. The molecule has 5 heteroatoms. The lowest BCUT2D eigenvalue weighted by atomic mass is 10.1. The van der Waals surface area contributed by atoms with Crippen molar-refractivity contribution in [3.63, 3.8) is 0 Å². The normalized spacial score (nSPS) is 20.5. The number of aryl methyl sites for hydroxylation is 1. The van der Waals surface area contributed by atoms with Gasteiger partial charge in [-0.1, -0.05) is 0 Å². The second-order valence-electron chi connectivity index (χ2n) is 3.75. The SMILES string of the molecule is COC(=O)c1nn(C)cc1C1CCCN1. The van der Waals surface area contributed by atoms with Crippen LogP contribution in [0.5, 0.6) is 0 Å². The van der Waals surface area contributed by atoms with Gasteiger partial charge < -0.3 is 10.1 Å². The summed E-state index contributed by atoms with van der Waals surface area (Å²) in [7, 11) is 3.19. The Balaban J connectivity index is 2.32. The van der Waals surface area contributed by atoms with Gasteiger partial charge in [-0.15, -0.1) is 0 Å². The van der Waals surface area contributed by atoms with Gasteiger partial charge in [0.2, 0.25) is 0 Å². The molecule has 0 aliphatic carbocycles. The first kappa shape index (κ1) is 10.2. The lowest BCUT2D eigenvalue weighted by molar-refractivity contribution is 0.0591. The topological polar surface area (TPSA) is 56.1 Å². The largest absolute Gasteiger partial charge is 0.464 e. The number of nitrogens with zero attached hydrogens (tertiary/aromatic N) is 2. The van der Waals surface area contributed by atoms with Crippen LogP contribution in [0, 0.1) is 0 Å². The number of nitrogens with one attached hydrogen (secondary N) is 1. The van der Waals surface area contributed by atoms with E-state index in [9.17, 15) is 4.79 Å². The highest BCUT2D eigenvalue weighted by Crippen LogP contribution is 2.25. The number of carbonyl (C=O) groups is 1. The molecule has 5 nitrogen and oxygen atoms in total. The Morgan fingerprint density at radius 3 is 3.13 bits per heavy atom. The fourth-order valence-corrected chi connectivity index (χ4v) is 1.97. The lowest BCUT2D eigenvalue weighted by Crippen LogP contribution is -2.16. The summed E-state index contributed by atoms with van der Waals surface area (Å²) in [5.41, 5.74) is 1.38. The summed E-state index contributed by atoms with van der Waals surface area (Å²) in [5.74, 6) is -0.362. The summed E-state index contributed by atoms with van der Waals surface area (Å²) in [4.78, 5) is 11.5. The van der Waals surface area contributed by atoms with Gasteiger partial charge in [0.25, 0.3) is 0 Å². The van der Waals surface area contributed by atoms with Crippen LogP contribution in [0.1, 0.15) is 34.9 Å². The molecule has 15 heavy (non-hydrogen) atoms. The van der Waals surface area contributed by atoms with Crippen LogP contribution in [0.15, 0.2) is 6.20 Å². The Labute approximate surface area is 88.4 Å². The van der Waals surface area contributed by atoms with Crippen molar-refractivity contribution in [2.24, 2.45) is 7.05 Å². The molecule has 1 fully saturated rings. The first-order valence-corrected chi connectivity index (χ1v) is 5.07. The average molecular weight is 209 g/mol. The summed E-state index contributed by atoms with van der Waals surface area (Å²) in [6.07, 6.45) is 4.07. The first-order chi connectivity index (χ1) is 7.22. The Morgan fingerprint density at radius 1 is 1.73 bits per heavy atom. The van der Waals surface area contributed by atoms with Crippen molar-refractivity contribution < 1.29 is 9.53 Å². The van der Waals surface area contributed by atoms with Gasteiger partial charge in [0.1, 0.15) is 0 Å². The van der Waals surface area contributed by atoms with Crippen molar-refractivity contribution >= 4 is 5.97 Å². The Hall–Kier alpha value is -1.36. The van der Waals surface area contributed by atoms with Gasteiger partial charge in [-0.2, -0.15) is 5.10 Å². The van der Waals surface area contributed by atoms with Crippen molar-refractivity contribution in [3.05, 3.63) is 17.5 Å². The van der Waals surface area contributed by atoms with Gasteiger partial charge in [0, 0.05) is 24.8 Å². The highest BCUT2D eigenvalue weighted by Gasteiger charge is 2.25. The third kappa shape index (κ3) is 1.87. The van der Waals surface area contributed by atoms with Crippen LogP contribution in [0.2, 0.25) is 0 Å². The summed E-state index contributed by atoms with van der Waals surface area (Å²) in [6.45, 7) is 1.00. The van der Waals surface area contributed by atoms with E-state index in [1.165, 1.54) is 7.11 Å². The number of methoxy groups -OCH3 is 1. The van der Waals surface area contributed by atoms with E-state index in [2.05, 4.69) is 10.4 Å². The Bertz CT molecular complexity index is 367. The predicted octanol–water partition coefficient (Wildman–Crippen LogP) is 0.631. The van der Waals surface area contributed by atoms with E-state index >= 15 is 0 Å². The van der Waals surface area contributed by atoms with E-state index < -0.39 is 0 Å². The molecule has 1 saturated heterocycles. The zero-order valence-electron chi connectivity index (χ0n) is 8.99. The van der Waals surface area contributed by atoms with Crippen LogP contribution in [-0.2, 0) is 11.8 Å². The Morgan fingerprint density at radius 2 is 2.53 bits per heavy atom. The maximum atomic E-state index is 11.5. The quantitative estimate of drug-likeness (QED) is 0.726. The molecule has 0 spiro atoms. The molecule has 1 unspecified atom stereocenters. The second-order valence-corrected chi connectivity index (χ2v) is 3.75. The van der Waals surface area contributed by atoms with Gasteiger partial charge in [0.05, 0.1) is 7.11 Å². The van der Waals surface area contributed by atoms with Crippen molar-refractivity contribution in [2.45, 2.75) is 18.9 Å². The number of aromatic nitrogens is 2. The Kier molecular flexibility index (Phi) is 2.73. The van der Waals surface area contributed by atoms with Crippen LogP contribution in [0.25, 0.3) is 0 Å². The minimum atomic E-state index is -0.362. The molecule has 1 aliphatic rings. The second kappa shape index (κ2) is 4.02. The molecule has 2 heterocycles. The molecule has 1 atom stereocenters. The summed E-state index contributed by atoms with van der Waals surface area (Å²) < 4.78 is 6.36. The third-order valence-corrected chi connectivity index (χ3v) is 2.67. The molecule has 1 aromatic rings. The van der Waals surface area contributed by atoms with Crippen LogP contribution in [0.3, 0.4) is 0 Å². The average Bonchev–Trinajstić information content (AvgIpc) is 2.84. The predicted molar refractivity (Wildman–Crippen MR) is 54.5 cm³/mol. The van der Waals surface area contributed by atoms with Gasteiger partial charge in [-0.3, -0.25) is 4.68 Å². The molecule has 1 aliphatic heterocycles. The number of carbonyl (C=O) groups excluding carboxylic acids is 1. The maximum absolute atomic E-state index is 11.5. The van der Waals surface area contributed by atoms with Crippen LogP contribution < -0.4 is 5.32 Å². The van der Waals surface area contributed by atoms with Crippen molar-refractivity contribution in [3.8, 4) is 0 Å². The fraction of sp³-hybridized carbons (Fsp3) is 0.600. The van der Waals surface area contributed by atoms with Gasteiger partial charge in [-0.05, 0) is 19.4 Å². The smallest absolute Gasteiger partial charge is 0.358 e. The van der Waals surface area contributed by atoms with Gasteiger partial charge >= 0.3 is 5.97 Å². The zero-order chi connectivity index (χ0) is 10.8.